The van der Waals surface area contributed by atoms with Gasteiger partial charge in [-0.2, -0.15) is 0 Å². The monoisotopic (exact) mass is 386 g/mol. The lowest BCUT2D eigenvalue weighted by Gasteiger charge is -2.24. The number of aliphatic hydroxyl groups excluding tert-OH is 2. The van der Waals surface area contributed by atoms with Crippen LogP contribution in [0.5, 0.6) is 0 Å². The van der Waals surface area contributed by atoms with E-state index >= 15 is 0 Å². The third kappa shape index (κ3) is 5.27. The lowest BCUT2D eigenvalue weighted by atomic mass is 10.1. The highest BCUT2D eigenvalue weighted by molar-refractivity contribution is 6.09. The molecule has 1 saturated heterocycles. The van der Waals surface area contributed by atoms with Crippen molar-refractivity contribution in [1.29, 1.82) is 0 Å². The molecule has 0 saturated carbocycles. The zero-order chi connectivity index (χ0) is 20.7. The first-order valence-corrected chi connectivity index (χ1v) is 8.64. The Hall–Kier alpha value is -2.99. The maximum Gasteiger partial charge on any atom is 0.323 e. The number of carbonyl (C=O) groups excluding carboxylic acids is 3. The van der Waals surface area contributed by atoms with Crippen molar-refractivity contribution in [3.8, 4) is 11.8 Å². The number of aliphatic hydroxyl groups is 2. The number of carbonyl (C=O) groups is 3. The van der Waals surface area contributed by atoms with Gasteiger partial charge in [-0.05, 0) is 12.8 Å². The summed E-state index contributed by atoms with van der Waals surface area (Å²) in [5, 5.41) is 21.5. The number of Topliss-reactive ketones (excluding diaryl/α,β-unsaturated/α-hetero) is 1. The second-order valence-electron chi connectivity index (χ2n) is 6.22. The molecular weight excluding hydrogens is 364 g/mol. The van der Waals surface area contributed by atoms with Crippen LogP contribution in [0.3, 0.4) is 0 Å². The highest BCUT2D eigenvalue weighted by atomic mass is 16.5. The topological polar surface area (TPSA) is 116 Å². The summed E-state index contributed by atoms with van der Waals surface area (Å²) in [6.45, 7) is 1.48. The molecule has 2 amide bonds. The molecule has 0 aliphatic carbocycles. The normalized spacial score (nSPS) is 21.4. The molecule has 3 atom stereocenters. The van der Waals surface area contributed by atoms with E-state index in [4.69, 9.17) is 4.74 Å². The second-order valence-corrected chi connectivity index (χ2v) is 6.22. The molecule has 2 rings (SSSR count). The van der Waals surface area contributed by atoms with Gasteiger partial charge in [0.25, 0.3) is 0 Å². The van der Waals surface area contributed by atoms with Crippen LogP contribution in [0.15, 0.2) is 36.0 Å². The summed E-state index contributed by atoms with van der Waals surface area (Å²) in [5.74, 6) is 4.36. The molecule has 0 bridgehead atoms. The van der Waals surface area contributed by atoms with Crippen LogP contribution in [0, 0.1) is 18.8 Å². The SMILES string of the molecule is CNC(=O)N(/C=C(/C#CC(=O)c1ccc(C)cc1)C=O)[C@H]1C[C@H](O)[C@@H](CO)O1. The number of aldehydes is 1. The summed E-state index contributed by atoms with van der Waals surface area (Å²) in [5.41, 5.74) is 1.27. The predicted molar refractivity (Wildman–Crippen MR) is 100 cm³/mol. The third-order valence-corrected chi connectivity index (χ3v) is 4.18. The van der Waals surface area contributed by atoms with Gasteiger partial charge in [0.2, 0.25) is 5.78 Å². The fraction of sp³-hybridized carbons (Fsp3) is 0.350. The molecule has 1 aliphatic rings. The smallest absolute Gasteiger partial charge is 0.323 e. The molecule has 148 valence electrons. The number of benzene rings is 1. The molecular formula is C20H22N2O6. The molecule has 1 aromatic carbocycles. The van der Waals surface area contributed by atoms with Crippen molar-refractivity contribution in [2.75, 3.05) is 13.7 Å². The van der Waals surface area contributed by atoms with Crippen LogP contribution in [0.4, 0.5) is 4.79 Å². The van der Waals surface area contributed by atoms with E-state index in [0.29, 0.717) is 11.8 Å². The minimum atomic E-state index is -0.954. The van der Waals surface area contributed by atoms with Gasteiger partial charge in [0.05, 0.1) is 18.3 Å². The molecule has 0 aromatic heterocycles. The zero-order valence-electron chi connectivity index (χ0n) is 15.6. The van der Waals surface area contributed by atoms with Gasteiger partial charge in [-0.25, -0.2) is 4.79 Å². The van der Waals surface area contributed by atoms with E-state index in [1.165, 1.54) is 7.05 Å². The number of rotatable bonds is 5. The van der Waals surface area contributed by atoms with E-state index in [9.17, 15) is 24.6 Å². The maximum atomic E-state index is 12.2. The summed E-state index contributed by atoms with van der Waals surface area (Å²) in [6, 6.07) is 6.23. The van der Waals surface area contributed by atoms with E-state index in [1.807, 2.05) is 6.92 Å². The number of hydrogen-bond donors (Lipinski definition) is 3. The first-order valence-electron chi connectivity index (χ1n) is 8.64. The Morgan fingerprint density at radius 1 is 1.32 bits per heavy atom. The number of nitrogens with one attached hydrogen (secondary N) is 1. The molecule has 1 aromatic rings. The van der Waals surface area contributed by atoms with Crippen LogP contribution in [0.1, 0.15) is 22.3 Å². The van der Waals surface area contributed by atoms with Crippen molar-refractivity contribution in [1.82, 2.24) is 10.2 Å². The highest BCUT2D eigenvalue weighted by Gasteiger charge is 2.38. The molecule has 3 N–H and O–H groups in total. The van der Waals surface area contributed by atoms with E-state index in [2.05, 4.69) is 17.2 Å². The average Bonchev–Trinajstić information content (AvgIpc) is 3.08. The van der Waals surface area contributed by atoms with Crippen molar-refractivity contribution in [2.24, 2.45) is 0 Å². The molecule has 8 nitrogen and oxygen atoms in total. The van der Waals surface area contributed by atoms with Crippen molar-refractivity contribution < 1.29 is 29.3 Å². The Morgan fingerprint density at radius 2 is 2.00 bits per heavy atom. The lowest BCUT2D eigenvalue weighted by Crippen LogP contribution is -2.42. The fourth-order valence-corrected chi connectivity index (χ4v) is 2.60. The Labute approximate surface area is 162 Å². The Morgan fingerprint density at radius 3 is 2.54 bits per heavy atom. The molecule has 0 unspecified atom stereocenters. The van der Waals surface area contributed by atoms with Gasteiger partial charge >= 0.3 is 6.03 Å². The standard InChI is InChI=1S/C20H22N2O6/c1-13-3-6-15(7-4-13)16(25)8-5-14(11-23)10-22(20(27)21-2)19-9-17(26)18(12-24)28-19/h3-4,6-7,10-11,17-19,24,26H,9,12H2,1-2H3,(H,21,27)/b14-10-/t17-,18+,19+/m0/s1. The molecule has 1 heterocycles. The summed E-state index contributed by atoms with van der Waals surface area (Å²) < 4.78 is 5.45. The summed E-state index contributed by atoms with van der Waals surface area (Å²) >= 11 is 0. The number of hydrogen-bond acceptors (Lipinski definition) is 6. The third-order valence-electron chi connectivity index (χ3n) is 4.18. The minimum Gasteiger partial charge on any atom is -0.394 e. The van der Waals surface area contributed by atoms with Gasteiger partial charge < -0.3 is 20.3 Å². The predicted octanol–water partition coefficient (Wildman–Crippen LogP) is 0.374. The number of nitrogens with zero attached hydrogens (tertiary/aromatic N) is 1. The number of ketones is 1. The largest absolute Gasteiger partial charge is 0.394 e. The number of allylic oxidation sites excluding steroid dienone is 1. The Bertz CT molecular complexity index is 821. The van der Waals surface area contributed by atoms with Gasteiger partial charge in [-0.1, -0.05) is 35.7 Å². The number of amides is 2. The molecule has 0 spiro atoms. The van der Waals surface area contributed by atoms with Crippen LogP contribution in [-0.2, 0) is 9.53 Å². The van der Waals surface area contributed by atoms with E-state index in [-0.39, 0.29) is 12.0 Å². The first-order chi connectivity index (χ1) is 13.4. The van der Waals surface area contributed by atoms with E-state index in [0.717, 1.165) is 16.7 Å². The summed E-state index contributed by atoms with van der Waals surface area (Å²) in [7, 11) is 1.39. The lowest BCUT2D eigenvalue weighted by molar-refractivity contribution is -0.104. The first kappa shape index (κ1) is 21.3. The van der Waals surface area contributed by atoms with Crippen LogP contribution < -0.4 is 5.32 Å². The summed E-state index contributed by atoms with van der Waals surface area (Å²) in [4.78, 5) is 36.7. The van der Waals surface area contributed by atoms with Crippen molar-refractivity contribution in [3.05, 3.63) is 47.2 Å². The Balaban J connectivity index is 2.24. The fourth-order valence-electron chi connectivity index (χ4n) is 2.60. The van der Waals surface area contributed by atoms with Gasteiger partial charge in [0.15, 0.2) is 6.29 Å². The van der Waals surface area contributed by atoms with Crippen molar-refractivity contribution in [3.63, 3.8) is 0 Å². The minimum absolute atomic E-state index is 0.0526. The van der Waals surface area contributed by atoms with Gasteiger partial charge in [-0.3, -0.25) is 14.5 Å². The van der Waals surface area contributed by atoms with E-state index < -0.39 is 36.9 Å². The Kier molecular flexibility index (Phi) is 7.46. The van der Waals surface area contributed by atoms with Crippen LogP contribution >= 0.6 is 0 Å². The van der Waals surface area contributed by atoms with Gasteiger partial charge in [-0.15, -0.1) is 0 Å². The number of ether oxygens (including phenoxy) is 1. The van der Waals surface area contributed by atoms with Crippen LogP contribution in [0.2, 0.25) is 0 Å². The van der Waals surface area contributed by atoms with Crippen LogP contribution in [-0.4, -0.2) is 65.3 Å². The molecule has 1 fully saturated rings. The van der Waals surface area contributed by atoms with Crippen molar-refractivity contribution >= 4 is 18.1 Å². The average molecular weight is 386 g/mol. The molecule has 28 heavy (non-hydrogen) atoms. The van der Waals surface area contributed by atoms with Crippen molar-refractivity contribution in [2.45, 2.75) is 31.8 Å². The van der Waals surface area contributed by atoms with Gasteiger partial charge in [0, 0.05) is 25.2 Å². The number of aryl methyl sites for hydroxylation is 1. The highest BCUT2D eigenvalue weighted by Crippen LogP contribution is 2.24. The summed E-state index contributed by atoms with van der Waals surface area (Å²) in [6.07, 6.45) is -1.06. The van der Waals surface area contributed by atoms with E-state index in [1.54, 1.807) is 24.3 Å². The molecule has 1 aliphatic heterocycles. The molecule has 0 radical (unpaired) electrons. The maximum absolute atomic E-state index is 12.2. The quantitative estimate of drug-likeness (QED) is 0.221. The second kappa shape index (κ2) is 9.80. The zero-order valence-corrected chi connectivity index (χ0v) is 15.6. The van der Waals surface area contributed by atoms with Crippen LogP contribution in [0.25, 0.3) is 0 Å². The number of urea groups is 1. The molecule has 8 heteroatoms. The van der Waals surface area contributed by atoms with Gasteiger partial charge in [0.1, 0.15) is 12.3 Å².